The number of aryl methyl sites for hydroxylation is 2. The average Bonchev–Trinajstić information content (AvgIpc) is 3.74. The maximum absolute atomic E-state index is 14.8. The Morgan fingerprint density at radius 2 is 1.98 bits per heavy atom. The number of nitrogens with zero attached hydrogens (tertiary/aromatic N) is 1. The second-order valence-corrected chi connectivity index (χ2v) is 13.3. The van der Waals surface area contributed by atoms with Gasteiger partial charge in [-0.1, -0.05) is 6.07 Å². The van der Waals surface area contributed by atoms with E-state index in [1.54, 1.807) is 24.4 Å². The first-order valence-corrected chi connectivity index (χ1v) is 16.9. The SMILES string of the molecule is COc1cc(CCC(=O)C(C(O)CCc2ccc(O)c3c2CCCO3)C2(c3ccnc(N)c3)CCC(O)C2Cc2ccc[nH]2)cc(O)c1O. The standard InChI is InChI=1S/C38H45N3O8/c1-48-33-19-22(18-32(46)36(33)47)6-9-29(43)35(30(44)10-7-23-8-11-31(45)37-26(23)5-3-17-49-37)38(24-13-16-41-34(39)20-24)14-12-28(42)27(38)21-25-4-2-15-40-25/h2,4,8,11,13,15-16,18-20,27-28,30,35,40,42,44-47H,3,5-7,9-10,12,14,17,21H2,1H3,(H2,39,41). The molecule has 2 aliphatic rings. The van der Waals surface area contributed by atoms with Crippen molar-refractivity contribution in [3.63, 3.8) is 0 Å². The number of nitrogens with one attached hydrogen (secondary N) is 1. The van der Waals surface area contributed by atoms with E-state index in [0.717, 1.165) is 35.2 Å². The molecule has 260 valence electrons. The maximum Gasteiger partial charge on any atom is 0.200 e. The van der Waals surface area contributed by atoms with E-state index in [-0.39, 0.29) is 53.9 Å². The summed E-state index contributed by atoms with van der Waals surface area (Å²) >= 11 is 0. The number of carbonyl (C=O) groups is 1. The molecule has 0 spiro atoms. The predicted molar refractivity (Wildman–Crippen MR) is 183 cm³/mol. The van der Waals surface area contributed by atoms with Crippen molar-refractivity contribution in [3.05, 3.63) is 88.9 Å². The number of ether oxygens (including phenoxy) is 2. The van der Waals surface area contributed by atoms with E-state index in [9.17, 15) is 30.3 Å². The largest absolute Gasteiger partial charge is 0.504 e. The number of carbonyl (C=O) groups excluding carboxylic acids is 1. The lowest BCUT2D eigenvalue weighted by Crippen LogP contribution is -2.51. The molecule has 0 amide bonds. The van der Waals surface area contributed by atoms with Crippen LogP contribution in [0.5, 0.6) is 28.7 Å². The van der Waals surface area contributed by atoms with Gasteiger partial charge >= 0.3 is 0 Å². The lowest BCUT2D eigenvalue weighted by molar-refractivity contribution is -0.132. The number of benzene rings is 2. The molecule has 49 heavy (non-hydrogen) atoms. The molecule has 3 heterocycles. The number of aromatic amines is 1. The molecule has 0 saturated heterocycles. The second-order valence-electron chi connectivity index (χ2n) is 13.3. The van der Waals surface area contributed by atoms with Gasteiger partial charge in [0.2, 0.25) is 5.75 Å². The fourth-order valence-electron chi connectivity index (χ4n) is 8.26. The number of phenols is 3. The Labute approximate surface area is 285 Å². The quantitative estimate of drug-likeness (QED) is 0.0996. The fraction of sp³-hybridized carbons (Fsp3) is 0.421. The molecule has 2 aromatic heterocycles. The summed E-state index contributed by atoms with van der Waals surface area (Å²) in [6.07, 6.45) is 5.35. The zero-order chi connectivity index (χ0) is 34.7. The number of pyridine rings is 1. The van der Waals surface area contributed by atoms with Gasteiger partial charge in [-0.2, -0.15) is 0 Å². The third-order valence-corrected chi connectivity index (χ3v) is 10.5. The highest BCUT2D eigenvalue weighted by molar-refractivity contribution is 5.84. The molecule has 4 aromatic rings. The van der Waals surface area contributed by atoms with Crippen LogP contribution in [0.3, 0.4) is 0 Å². The number of rotatable bonds is 13. The summed E-state index contributed by atoms with van der Waals surface area (Å²) < 4.78 is 11.0. The molecule has 0 radical (unpaired) electrons. The Balaban J connectivity index is 1.40. The molecule has 6 rings (SSSR count). The van der Waals surface area contributed by atoms with Crippen LogP contribution in [0, 0.1) is 11.8 Å². The first kappa shape index (κ1) is 34.1. The van der Waals surface area contributed by atoms with Crippen molar-refractivity contribution >= 4 is 11.6 Å². The Morgan fingerprint density at radius 1 is 1.14 bits per heavy atom. The maximum atomic E-state index is 14.8. The number of phenolic OH excluding ortho intramolecular Hbond substituents is 3. The van der Waals surface area contributed by atoms with Crippen molar-refractivity contribution < 1.29 is 39.8 Å². The Bertz CT molecular complexity index is 1780. The van der Waals surface area contributed by atoms with Gasteiger partial charge in [-0.15, -0.1) is 0 Å². The van der Waals surface area contributed by atoms with Crippen LogP contribution in [0.25, 0.3) is 0 Å². The number of aliphatic hydroxyl groups excluding tert-OH is 2. The minimum Gasteiger partial charge on any atom is -0.504 e. The summed E-state index contributed by atoms with van der Waals surface area (Å²) in [5, 5.41) is 54.8. The smallest absolute Gasteiger partial charge is 0.200 e. The van der Waals surface area contributed by atoms with Crippen LogP contribution in [-0.4, -0.2) is 67.2 Å². The monoisotopic (exact) mass is 671 g/mol. The minimum absolute atomic E-state index is 0.0190. The van der Waals surface area contributed by atoms with Gasteiger partial charge in [0.05, 0.1) is 31.8 Å². The number of ketones is 1. The van der Waals surface area contributed by atoms with E-state index >= 15 is 0 Å². The van der Waals surface area contributed by atoms with Gasteiger partial charge in [-0.05, 0) is 111 Å². The molecular weight excluding hydrogens is 626 g/mol. The van der Waals surface area contributed by atoms with Crippen LogP contribution < -0.4 is 15.2 Å². The summed E-state index contributed by atoms with van der Waals surface area (Å²) in [4.78, 5) is 22.2. The Kier molecular flexibility index (Phi) is 10.0. The molecule has 1 saturated carbocycles. The van der Waals surface area contributed by atoms with Crippen molar-refractivity contribution in [2.45, 2.75) is 75.4 Å². The van der Waals surface area contributed by atoms with Crippen LogP contribution in [0.4, 0.5) is 5.82 Å². The van der Waals surface area contributed by atoms with E-state index in [2.05, 4.69) is 9.97 Å². The number of methoxy groups -OCH3 is 1. The van der Waals surface area contributed by atoms with Crippen LogP contribution in [0.1, 0.15) is 60.1 Å². The van der Waals surface area contributed by atoms with Gasteiger partial charge in [0.1, 0.15) is 11.6 Å². The number of Topliss-reactive ketones (excluding diaryl/α,β-unsaturated/α-hetero) is 1. The lowest BCUT2D eigenvalue weighted by atomic mass is 9.58. The van der Waals surface area contributed by atoms with Crippen molar-refractivity contribution in [1.82, 2.24) is 9.97 Å². The molecule has 5 atom stereocenters. The van der Waals surface area contributed by atoms with Crippen molar-refractivity contribution in [3.8, 4) is 28.7 Å². The summed E-state index contributed by atoms with van der Waals surface area (Å²) in [5.74, 6) is -1.38. The number of H-pyrrole nitrogens is 1. The van der Waals surface area contributed by atoms with Crippen molar-refractivity contribution in [1.29, 1.82) is 0 Å². The van der Waals surface area contributed by atoms with Gasteiger partial charge < -0.3 is 45.7 Å². The molecule has 5 unspecified atom stereocenters. The van der Waals surface area contributed by atoms with Crippen LogP contribution >= 0.6 is 0 Å². The zero-order valence-corrected chi connectivity index (χ0v) is 27.6. The third kappa shape index (κ3) is 6.78. The summed E-state index contributed by atoms with van der Waals surface area (Å²) in [6.45, 7) is 0.524. The fourth-order valence-corrected chi connectivity index (χ4v) is 8.26. The van der Waals surface area contributed by atoms with Crippen LogP contribution in [0.2, 0.25) is 0 Å². The van der Waals surface area contributed by atoms with Gasteiger partial charge in [0.15, 0.2) is 23.0 Å². The van der Waals surface area contributed by atoms with Crippen LogP contribution in [-0.2, 0) is 35.9 Å². The second kappa shape index (κ2) is 14.4. The highest BCUT2D eigenvalue weighted by Crippen LogP contribution is 2.54. The molecule has 0 bridgehead atoms. The lowest BCUT2D eigenvalue weighted by Gasteiger charge is -2.45. The van der Waals surface area contributed by atoms with E-state index in [1.807, 2.05) is 30.5 Å². The average molecular weight is 672 g/mol. The van der Waals surface area contributed by atoms with E-state index in [4.69, 9.17) is 15.2 Å². The summed E-state index contributed by atoms with van der Waals surface area (Å²) in [6, 6.07) is 13.9. The molecular formula is C38H45N3O8. The van der Waals surface area contributed by atoms with E-state index in [1.165, 1.54) is 13.2 Å². The zero-order valence-electron chi connectivity index (χ0n) is 27.6. The first-order valence-electron chi connectivity index (χ1n) is 16.9. The number of hydrogen-bond acceptors (Lipinski definition) is 10. The van der Waals surface area contributed by atoms with E-state index in [0.29, 0.717) is 43.6 Å². The minimum atomic E-state index is -1.12. The molecule has 11 heteroatoms. The molecule has 8 N–H and O–H groups in total. The number of hydrogen-bond donors (Lipinski definition) is 7. The first-order chi connectivity index (χ1) is 23.6. The normalized spacial score (nSPS) is 21.4. The molecule has 1 fully saturated rings. The highest BCUT2D eigenvalue weighted by Gasteiger charge is 2.57. The summed E-state index contributed by atoms with van der Waals surface area (Å²) in [7, 11) is 1.38. The molecule has 1 aliphatic heterocycles. The molecule has 2 aromatic carbocycles. The Hall–Kier alpha value is -4.74. The highest BCUT2D eigenvalue weighted by atomic mass is 16.5. The number of aliphatic hydroxyl groups is 2. The number of aromatic nitrogens is 2. The molecule has 11 nitrogen and oxygen atoms in total. The number of nitrogens with two attached hydrogens (primary N) is 1. The van der Waals surface area contributed by atoms with Crippen molar-refractivity contribution in [2.24, 2.45) is 11.8 Å². The van der Waals surface area contributed by atoms with Gasteiger partial charge in [0.25, 0.3) is 0 Å². The van der Waals surface area contributed by atoms with Crippen LogP contribution in [0.15, 0.2) is 60.9 Å². The van der Waals surface area contributed by atoms with Crippen molar-refractivity contribution in [2.75, 3.05) is 19.5 Å². The topological polar surface area (TPSA) is 191 Å². The number of aromatic hydroxyl groups is 3. The van der Waals surface area contributed by atoms with Gasteiger partial charge in [-0.25, -0.2) is 4.98 Å². The summed E-state index contributed by atoms with van der Waals surface area (Å²) in [5.41, 5.74) is 9.33. The number of nitrogen functional groups attached to an aromatic ring is 1. The van der Waals surface area contributed by atoms with E-state index < -0.39 is 29.5 Å². The predicted octanol–water partition coefficient (Wildman–Crippen LogP) is 4.51. The number of anilines is 1. The third-order valence-electron chi connectivity index (χ3n) is 10.5. The number of fused-ring (bicyclic) bond motifs is 1. The van der Waals surface area contributed by atoms with Gasteiger partial charge in [0, 0.05) is 41.4 Å². The Morgan fingerprint density at radius 3 is 2.73 bits per heavy atom. The molecule has 1 aliphatic carbocycles. The van der Waals surface area contributed by atoms with Gasteiger partial charge in [-0.3, -0.25) is 4.79 Å².